The lowest BCUT2D eigenvalue weighted by Gasteiger charge is -2.49. The van der Waals surface area contributed by atoms with Crippen molar-refractivity contribution >= 4 is 11.9 Å². The van der Waals surface area contributed by atoms with E-state index in [1.807, 2.05) is 13.8 Å². The highest BCUT2D eigenvalue weighted by atomic mass is 16.5. The topological polar surface area (TPSA) is 66.8 Å². The minimum absolute atomic E-state index is 0.155. The van der Waals surface area contributed by atoms with Gasteiger partial charge >= 0.3 is 5.97 Å². The average molecular weight is 229 g/mol. The zero-order valence-electron chi connectivity index (χ0n) is 10.0. The number of hydrogen-bond acceptors (Lipinski definition) is 4. The number of hydrogen-bond donors (Lipinski definition) is 1. The van der Waals surface area contributed by atoms with Crippen molar-refractivity contribution in [1.29, 1.82) is 0 Å². The number of rotatable bonds is 5. The van der Waals surface area contributed by atoms with Gasteiger partial charge in [-0.1, -0.05) is 13.8 Å². The minimum Gasteiger partial charge on any atom is -0.463 e. The highest BCUT2D eigenvalue weighted by molar-refractivity contribution is 5.92. The van der Waals surface area contributed by atoms with Gasteiger partial charge in [-0.15, -0.1) is 0 Å². The van der Waals surface area contributed by atoms with Crippen molar-refractivity contribution in [3.8, 4) is 0 Å². The predicted molar refractivity (Wildman–Crippen MR) is 57.4 cm³/mol. The van der Waals surface area contributed by atoms with Gasteiger partial charge in [0.15, 0.2) is 0 Å². The molecule has 5 nitrogen and oxygen atoms in total. The molecule has 1 heterocycles. The lowest BCUT2D eigenvalue weighted by Crippen LogP contribution is -2.65. The van der Waals surface area contributed by atoms with Crippen LogP contribution in [-0.2, 0) is 14.3 Å². The summed E-state index contributed by atoms with van der Waals surface area (Å²) in [5.74, 6) is -0.908. The van der Waals surface area contributed by atoms with Crippen LogP contribution in [-0.4, -0.2) is 41.3 Å². The van der Waals surface area contributed by atoms with Crippen LogP contribution in [0.5, 0.6) is 0 Å². The van der Waals surface area contributed by atoms with Crippen LogP contribution in [0.2, 0.25) is 0 Å². The molecule has 1 fully saturated rings. The molecule has 0 spiro atoms. The van der Waals surface area contributed by atoms with Gasteiger partial charge in [-0.25, -0.2) is 4.79 Å². The summed E-state index contributed by atoms with van der Waals surface area (Å²) in [6.45, 7) is 6.17. The number of carbonyl (C=O) groups is 2. The zero-order chi connectivity index (χ0) is 12.3. The lowest BCUT2D eigenvalue weighted by atomic mass is 9.74. The van der Waals surface area contributed by atoms with E-state index in [-0.39, 0.29) is 17.9 Å². The summed E-state index contributed by atoms with van der Waals surface area (Å²) < 4.78 is 4.66. The number of ether oxygens (including phenoxy) is 1. The summed E-state index contributed by atoms with van der Waals surface area (Å²) in [6, 6.07) is 0. The molecule has 0 aromatic rings. The summed E-state index contributed by atoms with van der Waals surface area (Å²) >= 11 is 0. The molecule has 1 amide bonds. The van der Waals surface area contributed by atoms with Crippen LogP contribution in [0.15, 0.2) is 0 Å². The van der Waals surface area contributed by atoms with Crippen LogP contribution >= 0.6 is 0 Å². The summed E-state index contributed by atoms with van der Waals surface area (Å²) in [4.78, 5) is 24.3. The van der Waals surface area contributed by atoms with Crippen LogP contribution in [0.4, 0.5) is 0 Å². The number of aliphatic hydroxyl groups excluding tert-OH is 1. The molecule has 1 atom stereocenters. The highest BCUT2D eigenvalue weighted by Crippen LogP contribution is 2.39. The number of esters is 1. The van der Waals surface area contributed by atoms with E-state index in [1.54, 1.807) is 6.92 Å². The highest BCUT2D eigenvalue weighted by Gasteiger charge is 2.52. The van der Waals surface area contributed by atoms with E-state index in [1.165, 1.54) is 4.90 Å². The molecule has 1 N–H and O–H groups in total. The Bertz CT molecular complexity index is 286. The maximum atomic E-state index is 11.9. The van der Waals surface area contributed by atoms with Crippen molar-refractivity contribution in [2.24, 2.45) is 5.41 Å². The second-order valence-corrected chi connectivity index (χ2v) is 4.05. The molecule has 1 aliphatic heterocycles. The molecule has 1 aliphatic rings. The van der Waals surface area contributed by atoms with E-state index in [4.69, 9.17) is 0 Å². The van der Waals surface area contributed by atoms with Crippen molar-refractivity contribution in [2.45, 2.75) is 39.8 Å². The Kier molecular flexibility index (Phi) is 3.91. The first-order valence-electron chi connectivity index (χ1n) is 5.68. The molecular weight excluding hydrogens is 210 g/mol. The fourth-order valence-electron chi connectivity index (χ4n) is 2.00. The Morgan fingerprint density at radius 1 is 1.50 bits per heavy atom. The lowest BCUT2D eigenvalue weighted by molar-refractivity contribution is -0.192. The first kappa shape index (κ1) is 13.0. The fraction of sp³-hybridized carbons (Fsp3) is 0.818. The largest absolute Gasteiger partial charge is 0.463 e. The summed E-state index contributed by atoms with van der Waals surface area (Å²) in [5.41, 5.74) is -0.381. The van der Waals surface area contributed by atoms with E-state index in [0.29, 0.717) is 6.54 Å². The van der Waals surface area contributed by atoms with E-state index in [9.17, 15) is 14.7 Å². The van der Waals surface area contributed by atoms with Crippen molar-refractivity contribution < 1.29 is 19.4 Å². The Balaban J connectivity index is 2.61. The fourth-order valence-corrected chi connectivity index (χ4v) is 2.00. The predicted octanol–water partition coefficient (Wildman–Crippen LogP) is 0.516. The van der Waals surface area contributed by atoms with Gasteiger partial charge in [-0.05, 0) is 19.8 Å². The van der Waals surface area contributed by atoms with Crippen molar-refractivity contribution in [3.05, 3.63) is 0 Å². The Morgan fingerprint density at radius 3 is 2.44 bits per heavy atom. The Morgan fingerprint density at radius 2 is 2.06 bits per heavy atom. The standard InChI is InChI=1S/C11H19NO4/c1-4-11(5-2)7-12(10(11)15)8(13)9(14)16-6-3/h8,13H,4-7H2,1-3H3. The molecule has 92 valence electrons. The van der Waals surface area contributed by atoms with Gasteiger partial charge in [-0.2, -0.15) is 0 Å². The molecule has 0 aromatic heterocycles. The molecule has 0 aromatic carbocycles. The number of amides is 1. The van der Waals surface area contributed by atoms with Crippen LogP contribution in [0.1, 0.15) is 33.6 Å². The van der Waals surface area contributed by atoms with Crippen molar-refractivity contribution in [1.82, 2.24) is 4.90 Å². The number of aliphatic hydroxyl groups is 1. The van der Waals surface area contributed by atoms with Crippen LogP contribution < -0.4 is 0 Å². The molecule has 0 saturated carbocycles. The maximum absolute atomic E-state index is 11.9. The third-order valence-electron chi connectivity index (χ3n) is 3.33. The maximum Gasteiger partial charge on any atom is 0.356 e. The summed E-state index contributed by atoms with van der Waals surface area (Å²) in [6.07, 6.45) is 0.0154. The molecule has 1 unspecified atom stereocenters. The smallest absolute Gasteiger partial charge is 0.356 e. The van der Waals surface area contributed by atoms with Gasteiger partial charge in [0.2, 0.25) is 12.1 Å². The first-order chi connectivity index (χ1) is 7.52. The van der Waals surface area contributed by atoms with Gasteiger partial charge < -0.3 is 14.7 Å². The Labute approximate surface area is 95.4 Å². The second kappa shape index (κ2) is 4.82. The summed E-state index contributed by atoms with van der Waals surface area (Å²) in [7, 11) is 0. The third kappa shape index (κ3) is 1.91. The van der Waals surface area contributed by atoms with Gasteiger partial charge in [0.25, 0.3) is 0 Å². The normalized spacial score (nSPS) is 20.2. The number of β-lactam (4-membered cyclic amide) rings is 1. The van der Waals surface area contributed by atoms with E-state index in [0.717, 1.165) is 12.8 Å². The van der Waals surface area contributed by atoms with Crippen LogP contribution in [0, 0.1) is 5.41 Å². The molecule has 0 radical (unpaired) electrons. The molecule has 0 bridgehead atoms. The number of nitrogens with zero attached hydrogens (tertiary/aromatic N) is 1. The average Bonchev–Trinajstić information content (AvgIpc) is 2.29. The van der Waals surface area contributed by atoms with Gasteiger partial charge in [-0.3, -0.25) is 4.79 Å². The molecule has 0 aliphatic carbocycles. The first-order valence-corrected chi connectivity index (χ1v) is 5.68. The SMILES string of the molecule is CCOC(=O)C(O)N1CC(CC)(CC)C1=O. The molecular formula is C11H19NO4. The van der Waals surface area contributed by atoms with Crippen LogP contribution in [0.3, 0.4) is 0 Å². The summed E-state index contributed by atoms with van der Waals surface area (Å²) in [5, 5.41) is 9.59. The third-order valence-corrected chi connectivity index (χ3v) is 3.33. The van der Waals surface area contributed by atoms with E-state index < -0.39 is 12.2 Å². The van der Waals surface area contributed by atoms with Crippen LogP contribution in [0.25, 0.3) is 0 Å². The number of likely N-dealkylation sites (tertiary alicyclic amines) is 1. The molecule has 1 saturated heterocycles. The monoisotopic (exact) mass is 229 g/mol. The number of carbonyl (C=O) groups excluding carboxylic acids is 2. The van der Waals surface area contributed by atoms with Gasteiger partial charge in [0.05, 0.1) is 12.0 Å². The van der Waals surface area contributed by atoms with Gasteiger partial charge in [0.1, 0.15) is 0 Å². The molecule has 1 rings (SSSR count). The Hall–Kier alpha value is -1.10. The van der Waals surface area contributed by atoms with Crippen molar-refractivity contribution in [3.63, 3.8) is 0 Å². The second-order valence-electron chi connectivity index (χ2n) is 4.05. The van der Waals surface area contributed by atoms with Gasteiger partial charge in [0, 0.05) is 6.54 Å². The quantitative estimate of drug-likeness (QED) is 0.551. The zero-order valence-corrected chi connectivity index (χ0v) is 10.0. The molecule has 16 heavy (non-hydrogen) atoms. The van der Waals surface area contributed by atoms with E-state index >= 15 is 0 Å². The molecule has 5 heteroatoms. The van der Waals surface area contributed by atoms with Crippen molar-refractivity contribution in [2.75, 3.05) is 13.2 Å². The minimum atomic E-state index is -1.45. The van der Waals surface area contributed by atoms with E-state index in [2.05, 4.69) is 4.74 Å².